The Labute approximate surface area is 136 Å². The molecule has 3 nitrogen and oxygen atoms in total. The van der Waals surface area contributed by atoms with E-state index in [4.69, 9.17) is 15.9 Å². The zero-order valence-electron chi connectivity index (χ0n) is 12.8. The minimum Gasteiger partial charge on any atom is -0.456 e. The fourth-order valence-electron chi connectivity index (χ4n) is 2.18. The van der Waals surface area contributed by atoms with E-state index < -0.39 is 5.82 Å². The predicted octanol–water partition coefficient (Wildman–Crippen LogP) is 4.76. The maximum atomic E-state index is 13.8. The third kappa shape index (κ3) is 3.77. The summed E-state index contributed by atoms with van der Waals surface area (Å²) in [5.74, 6) is 0.295. The summed E-state index contributed by atoms with van der Waals surface area (Å²) in [6.07, 6.45) is 0. The summed E-state index contributed by atoms with van der Waals surface area (Å²) in [4.78, 5) is 0. The third-order valence-corrected chi connectivity index (χ3v) is 3.26. The van der Waals surface area contributed by atoms with Crippen LogP contribution in [0.15, 0.2) is 36.4 Å². The summed E-state index contributed by atoms with van der Waals surface area (Å²) in [6.45, 7) is 6.10. The molecular weight excluding hydrogens is 303 g/mol. The molecule has 0 bridgehead atoms. The van der Waals surface area contributed by atoms with E-state index in [1.54, 1.807) is 12.1 Å². The lowest BCUT2D eigenvalue weighted by molar-refractivity contribution is 0.466. The largest absolute Gasteiger partial charge is 0.456 e. The van der Waals surface area contributed by atoms with Gasteiger partial charge in [-0.1, -0.05) is 32.0 Å². The summed E-state index contributed by atoms with van der Waals surface area (Å²) < 4.78 is 19.7. The number of nitrogens with one attached hydrogen (secondary N) is 1. The molecule has 0 aliphatic rings. The number of amidine groups is 1. The van der Waals surface area contributed by atoms with Crippen molar-refractivity contribution in [3.8, 4) is 11.5 Å². The Bertz CT molecular complexity index is 686. The molecule has 3 N–H and O–H groups in total. The second-order valence-electron chi connectivity index (χ2n) is 5.32. The number of rotatable bonds is 4. The van der Waals surface area contributed by atoms with Crippen LogP contribution in [-0.2, 0) is 0 Å². The lowest BCUT2D eigenvalue weighted by atomic mass is 10.0. The summed E-state index contributed by atoms with van der Waals surface area (Å²) in [6, 6.07) is 10.4. The smallest absolute Gasteiger partial charge is 0.141 e. The highest BCUT2D eigenvalue weighted by Crippen LogP contribution is 2.33. The van der Waals surface area contributed by atoms with Crippen LogP contribution in [0, 0.1) is 18.2 Å². The molecule has 0 aliphatic heterocycles. The van der Waals surface area contributed by atoms with Crippen LogP contribution in [0.5, 0.6) is 11.5 Å². The van der Waals surface area contributed by atoms with Gasteiger partial charge in [0.15, 0.2) is 0 Å². The number of benzene rings is 2. The number of halogens is 2. The van der Waals surface area contributed by atoms with E-state index in [2.05, 4.69) is 13.8 Å². The van der Waals surface area contributed by atoms with Gasteiger partial charge in [-0.2, -0.15) is 0 Å². The summed E-state index contributed by atoms with van der Waals surface area (Å²) >= 11 is 0. The fraction of sp³-hybridized carbons (Fsp3) is 0.235. The molecule has 2 aromatic carbocycles. The molecule has 0 aliphatic carbocycles. The molecule has 2 rings (SSSR count). The minimum absolute atomic E-state index is 0. The van der Waals surface area contributed by atoms with Crippen molar-refractivity contribution >= 4 is 18.2 Å². The first kappa shape index (κ1) is 18.0. The molecule has 22 heavy (non-hydrogen) atoms. The standard InChI is InChI=1S/C17H19FN2O.ClH/c1-10(2)12-8-7-11(3)9-15(12)21-14-6-4-5-13(18)16(14)17(19)20;/h4-10H,1-3H3,(H3,19,20);1H. The summed E-state index contributed by atoms with van der Waals surface area (Å²) in [5, 5.41) is 7.52. The van der Waals surface area contributed by atoms with E-state index in [-0.39, 0.29) is 35.5 Å². The first-order valence-electron chi connectivity index (χ1n) is 6.81. The van der Waals surface area contributed by atoms with Gasteiger partial charge in [-0.3, -0.25) is 5.41 Å². The van der Waals surface area contributed by atoms with Gasteiger partial charge >= 0.3 is 0 Å². The maximum absolute atomic E-state index is 13.8. The molecule has 0 saturated heterocycles. The van der Waals surface area contributed by atoms with Crippen molar-refractivity contribution in [1.29, 1.82) is 5.41 Å². The average molecular weight is 323 g/mol. The Kier molecular flexibility index (Phi) is 5.94. The van der Waals surface area contributed by atoms with Gasteiger partial charge in [0.1, 0.15) is 23.2 Å². The number of hydrogen-bond acceptors (Lipinski definition) is 2. The van der Waals surface area contributed by atoms with Crippen molar-refractivity contribution in [2.75, 3.05) is 0 Å². The Morgan fingerprint density at radius 3 is 2.45 bits per heavy atom. The van der Waals surface area contributed by atoms with Crippen molar-refractivity contribution in [1.82, 2.24) is 0 Å². The molecule has 0 aromatic heterocycles. The second kappa shape index (κ2) is 7.27. The monoisotopic (exact) mass is 322 g/mol. The lowest BCUT2D eigenvalue weighted by Gasteiger charge is -2.16. The molecule has 2 aromatic rings. The lowest BCUT2D eigenvalue weighted by Crippen LogP contribution is -2.14. The normalized spacial score (nSPS) is 10.2. The Balaban J connectivity index is 0.00000242. The molecular formula is C17H20ClFN2O. The topological polar surface area (TPSA) is 59.1 Å². The van der Waals surface area contributed by atoms with Gasteiger partial charge < -0.3 is 10.5 Å². The van der Waals surface area contributed by atoms with Crippen LogP contribution < -0.4 is 10.5 Å². The summed E-state index contributed by atoms with van der Waals surface area (Å²) in [7, 11) is 0. The van der Waals surface area contributed by atoms with E-state index in [9.17, 15) is 4.39 Å². The highest BCUT2D eigenvalue weighted by atomic mass is 35.5. The zero-order valence-corrected chi connectivity index (χ0v) is 13.6. The summed E-state index contributed by atoms with van der Waals surface area (Å²) in [5.41, 5.74) is 7.53. The molecule has 0 fully saturated rings. The van der Waals surface area contributed by atoms with Gasteiger partial charge in [0, 0.05) is 0 Å². The van der Waals surface area contributed by atoms with Crippen molar-refractivity contribution < 1.29 is 9.13 Å². The van der Waals surface area contributed by atoms with Crippen LogP contribution in [0.4, 0.5) is 4.39 Å². The molecule has 0 radical (unpaired) electrons. The number of hydrogen-bond donors (Lipinski definition) is 2. The Morgan fingerprint density at radius 2 is 1.86 bits per heavy atom. The third-order valence-electron chi connectivity index (χ3n) is 3.26. The molecule has 0 atom stereocenters. The molecule has 0 saturated carbocycles. The van der Waals surface area contributed by atoms with Gasteiger partial charge in [-0.05, 0) is 42.2 Å². The molecule has 0 amide bonds. The van der Waals surface area contributed by atoms with E-state index in [1.807, 2.05) is 25.1 Å². The van der Waals surface area contributed by atoms with E-state index in [1.165, 1.54) is 6.07 Å². The molecule has 0 heterocycles. The molecule has 5 heteroatoms. The van der Waals surface area contributed by atoms with E-state index in [0.29, 0.717) is 5.75 Å². The van der Waals surface area contributed by atoms with Crippen LogP contribution in [0.2, 0.25) is 0 Å². The van der Waals surface area contributed by atoms with Gasteiger partial charge in [0.2, 0.25) is 0 Å². The highest BCUT2D eigenvalue weighted by Gasteiger charge is 2.15. The van der Waals surface area contributed by atoms with Crippen LogP contribution >= 0.6 is 12.4 Å². The van der Waals surface area contributed by atoms with Crippen molar-refractivity contribution in [3.05, 3.63) is 58.9 Å². The predicted molar refractivity (Wildman–Crippen MR) is 90.0 cm³/mol. The van der Waals surface area contributed by atoms with Gasteiger partial charge in [-0.15, -0.1) is 12.4 Å². The SMILES string of the molecule is Cc1ccc(C(C)C)c(Oc2cccc(F)c2C(=N)N)c1.Cl. The van der Waals surface area contributed by atoms with Crippen LogP contribution in [0.1, 0.15) is 36.5 Å². The van der Waals surface area contributed by atoms with E-state index >= 15 is 0 Å². The van der Waals surface area contributed by atoms with Crippen molar-refractivity contribution in [2.45, 2.75) is 26.7 Å². The number of aryl methyl sites for hydroxylation is 1. The molecule has 118 valence electrons. The first-order valence-corrected chi connectivity index (χ1v) is 6.81. The zero-order chi connectivity index (χ0) is 15.6. The fourth-order valence-corrected chi connectivity index (χ4v) is 2.18. The van der Waals surface area contributed by atoms with Gasteiger partial charge in [0.05, 0.1) is 5.56 Å². The highest BCUT2D eigenvalue weighted by molar-refractivity contribution is 5.98. The van der Waals surface area contributed by atoms with Crippen LogP contribution in [-0.4, -0.2) is 5.84 Å². The van der Waals surface area contributed by atoms with Crippen molar-refractivity contribution in [3.63, 3.8) is 0 Å². The number of nitrogens with two attached hydrogens (primary N) is 1. The first-order chi connectivity index (χ1) is 9.90. The number of nitrogen functional groups attached to an aromatic ring is 1. The maximum Gasteiger partial charge on any atom is 0.141 e. The second-order valence-corrected chi connectivity index (χ2v) is 5.32. The van der Waals surface area contributed by atoms with Crippen molar-refractivity contribution in [2.24, 2.45) is 5.73 Å². The van der Waals surface area contributed by atoms with Crippen LogP contribution in [0.3, 0.4) is 0 Å². The van der Waals surface area contributed by atoms with E-state index in [0.717, 1.165) is 11.1 Å². The minimum atomic E-state index is -0.557. The van der Waals surface area contributed by atoms with Crippen LogP contribution in [0.25, 0.3) is 0 Å². The van der Waals surface area contributed by atoms with Gasteiger partial charge in [-0.25, -0.2) is 4.39 Å². The number of ether oxygens (including phenoxy) is 1. The quantitative estimate of drug-likeness (QED) is 0.630. The Hall–Kier alpha value is -2.07. The average Bonchev–Trinajstić information content (AvgIpc) is 2.37. The van der Waals surface area contributed by atoms with Gasteiger partial charge in [0.25, 0.3) is 0 Å². The molecule has 0 spiro atoms. The Morgan fingerprint density at radius 1 is 1.18 bits per heavy atom. The molecule has 0 unspecified atom stereocenters.